The number of aromatic nitrogens is 2. The first-order chi connectivity index (χ1) is 6.68. The molecule has 0 amide bonds. The van der Waals surface area contributed by atoms with Gasteiger partial charge in [0, 0.05) is 0 Å². The Balaban J connectivity index is 2.35. The maximum absolute atomic E-state index is 11.2. The number of carboxylic acid groups (broad SMARTS) is 1. The number of hydrogen-bond donors (Lipinski definition) is 3. The normalized spacial score (nSPS) is 13.6. The lowest BCUT2D eigenvalue weighted by atomic mass is 10.4. The highest BCUT2D eigenvalue weighted by Crippen LogP contribution is 2.23. The molecule has 2 rings (SSSR count). The summed E-state index contributed by atoms with van der Waals surface area (Å²) in [6.07, 6.45) is 1.25. The fourth-order valence-electron chi connectivity index (χ4n) is 1.33. The summed E-state index contributed by atoms with van der Waals surface area (Å²) in [5.74, 6) is -0.571. The van der Waals surface area contributed by atoms with Crippen molar-refractivity contribution >= 4 is 17.5 Å². The van der Waals surface area contributed by atoms with Gasteiger partial charge in [0.05, 0.1) is 13.0 Å². The Morgan fingerprint density at radius 2 is 2.50 bits per heavy atom. The van der Waals surface area contributed by atoms with Crippen molar-refractivity contribution in [3.8, 4) is 0 Å². The van der Waals surface area contributed by atoms with E-state index in [2.05, 4.69) is 15.3 Å². The van der Waals surface area contributed by atoms with Gasteiger partial charge in [0.15, 0.2) is 5.82 Å². The summed E-state index contributed by atoms with van der Waals surface area (Å²) in [5.41, 5.74) is 0.0386. The molecule has 74 valence electrons. The van der Waals surface area contributed by atoms with E-state index >= 15 is 0 Å². The first-order valence-corrected chi connectivity index (χ1v) is 3.97. The van der Waals surface area contributed by atoms with Gasteiger partial charge in [-0.2, -0.15) is 0 Å². The van der Waals surface area contributed by atoms with Crippen molar-refractivity contribution in [2.75, 3.05) is 23.4 Å². The molecule has 3 N–H and O–H groups in total. The number of aliphatic carboxylic acids is 1. The minimum atomic E-state index is -0.957. The summed E-state index contributed by atoms with van der Waals surface area (Å²) in [6, 6.07) is 0. The van der Waals surface area contributed by atoms with E-state index in [4.69, 9.17) is 5.11 Å². The topological polar surface area (TPSA) is 98.3 Å². The van der Waals surface area contributed by atoms with Gasteiger partial charge in [-0.15, -0.1) is 0 Å². The number of fused-ring (bicyclic) bond motifs is 1. The number of carboxylic acids is 1. The van der Waals surface area contributed by atoms with Crippen LogP contribution in [0.2, 0.25) is 0 Å². The average Bonchev–Trinajstić information content (AvgIpc) is 2.49. The van der Waals surface area contributed by atoms with E-state index in [0.29, 0.717) is 18.2 Å². The molecule has 0 saturated carbocycles. The smallest absolute Gasteiger partial charge is 0.323 e. The average molecular weight is 196 g/mol. The molecule has 0 spiro atoms. The highest BCUT2D eigenvalue weighted by molar-refractivity contribution is 5.78. The van der Waals surface area contributed by atoms with Crippen molar-refractivity contribution in [1.82, 2.24) is 9.97 Å². The van der Waals surface area contributed by atoms with E-state index in [1.54, 1.807) is 0 Å². The van der Waals surface area contributed by atoms with E-state index in [1.807, 2.05) is 0 Å². The third-order valence-corrected chi connectivity index (χ3v) is 1.91. The first kappa shape index (κ1) is 8.54. The maximum atomic E-state index is 11.2. The number of aromatic amines is 1. The number of H-pyrrole nitrogens is 1. The number of hydrogen-bond acceptors (Lipinski definition) is 5. The largest absolute Gasteiger partial charge is 0.480 e. The third kappa shape index (κ3) is 1.28. The molecule has 14 heavy (non-hydrogen) atoms. The molecule has 0 atom stereocenters. The number of rotatable bonds is 2. The molecule has 1 aromatic heterocycles. The molecule has 2 heterocycles. The zero-order valence-corrected chi connectivity index (χ0v) is 7.15. The third-order valence-electron chi connectivity index (χ3n) is 1.91. The lowest BCUT2D eigenvalue weighted by Gasteiger charge is -2.12. The second-order valence-corrected chi connectivity index (χ2v) is 2.86. The fraction of sp³-hybridized carbons (Fsp3) is 0.286. The molecule has 0 fully saturated rings. The van der Waals surface area contributed by atoms with Crippen LogP contribution >= 0.6 is 0 Å². The Kier molecular flexibility index (Phi) is 1.84. The molecule has 7 heteroatoms. The summed E-state index contributed by atoms with van der Waals surface area (Å²) in [7, 11) is 0. The van der Waals surface area contributed by atoms with Crippen LogP contribution in [0.4, 0.5) is 11.5 Å². The fourth-order valence-corrected chi connectivity index (χ4v) is 1.33. The van der Waals surface area contributed by atoms with E-state index in [1.165, 1.54) is 11.2 Å². The van der Waals surface area contributed by atoms with Crippen LogP contribution in [0, 0.1) is 0 Å². The van der Waals surface area contributed by atoms with Gasteiger partial charge in [-0.25, -0.2) is 4.98 Å². The molecule has 0 unspecified atom stereocenters. The van der Waals surface area contributed by atoms with E-state index < -0.39 is 5.97 Å². The Bertz CT molecular complexity index is 427. The molecule has 1 aliphatic heterocycles. The number of nitrogens with zero attached hydrogens (tertiary/aromatic N) is 2. The highest BCUT2D eigenvalue weighted by Gasteiger charge is 2.23. The number of anilines is 2. The predicted molar refractivity (Wildman–Crippen MR) is 48.3 cm³/mol. The van der Waals surface area contributed by atoms with Crippen LogP contribution in [0.25, 0.3) is 0 Å². The first-order valence-electron chi connectivity index (χ1n) is 3.97. The van der Waals surface area contributed by atoms with Crippen molar-refractivity contribution in [2.45, 2.75) is 0 Å². The van der Waals surface area contributed by atoms with Crippen LogP contribution in [0.1, 0.15) is 0 Å². The minimum Gasteiger partial charge on any atom is -0.480 e. The summed E-state index contributed by atoms with van der Waals surface area (Å²) in [4.78, 5) is 29.5. The van der Waals surface area contributed by atoms with Crippen LogP contribution in [0.3, 0.4) is 0 Å². The van der Waals surface area contributed by atoms with E-state index in [-0.39, 0.29) is 12.1 Å². The van der Waals surface area contributed by atoms with Gasteiger partial charge in [-0.1, -0.05) is 0 Å². The molecule has 0 aliphatic carbocycles. The summed E-state index contributed by atoms with van der Waals surface area (Å²) in [5, 5.41) is 11.4. The molecule has 1 aliphatic rings. The number of nitrogens with one attached hydrogen (secondary N) is 2. The van der Waals surface area contributed by atoms with Crippen LogP contribution in [-0.2, 0) is 4.79 Å². The maximum Gasteiger partial charge on any atom is 0.323 e. The SMILES string of the molecule is O=C(O)CN1CNc2c1nc[nH]c2=O. The van der Waals surface area contributed by atoms with Crippen molar-refractivity contribution in [2.24, 2.45) is 0 Å². The van der Waals surface area contributed by atoms with Crippen LogP contribution in [0.5, 0.6) is 0 Å². The van der Waals surface area contributed by atoms with Gasteiger partial charge >= 0.3 is 5.97 Å². The molecular weight excluding hydrogens is 188 g/mol. The second kappa shape index (κ2) is 3.02. The predicted octanol–water partition coefficient (Wildman–Crippen LogP) is -0.956. The number of carbonyl (C=O) groups is 1. The zero-order valence-electron chi connectivity index (χ0n) is 7.15. The highest BCUT2D eigenvalue weighted by atomic mass is 16.4. The Hall–Kier alpha value is -2.05. The molecule has 1 aromatic rings. The standard InChI is InChI=1S/C7H8N4O3/c12-4(13)1-11-3-10-5-6(11)8-2-9-7(5)14/h2,10H,1,3H2,(H,12,13)(H,8,9,14). The van der Waals surface area contributed by atoms with Crippen molar-refractivity contribution in [3.05, 3.63) is 16.7 Å². The van der Waals surface area contributed by atoms with Gasteiger partial charge < -0.3 is 20.3 Å². The van der Waals surface area contributed by atoms with Crippen molar-refractivity contribution in [1.29, 1.82) is 0 Å². The monoisotopic (exact) mass is 196 g/mol. The van der Waals surface area contributed by atoms with Gasteiger partial charge in [-0.05, 0) is 0 Å². The summed E-state index contributed by atoms with van der Waals surface area (Å²) < 4.78 is 0. The van der Waals surface area contributed by atoms with Crippen LogP contribution < -0.4 is 15.8 Å². The quantitative estimate of drug-likeness (QED) is 0.563. The molecule has 7 nitrogen and oxygen atoms in total. The van der Waals surface area contributed by atoms with Crippen LogP contribution in [-0.4, -0.2) is 34.3 Å². The van der Waals surface area contributed by atoms with Gasteiger partial charge in [0.2, 0.25) is 0 Å². The molecule has 0 aromatic carbocycles. The lowest BCUT2D eigenvalue weighted by Crippen LogP contribution is -2.29. The summed E-state index contributed by atoms with van der Waals surface area (Å²) >= 11 is 0. The summed E-state index contributed by atoms with van der Waals surface area (Å²) in [6.45, 7) is 0.123. The molecular formula is C7H8N4O3. The zero-order chi connectivity index (χ0) is 10.1. The van der Waals surface area contributed by atoms with Crippen LogP contribution in [0.15, 0.2) is 11.1 Å². The van der Waals surface area contributed by atoms with Crippen molar-refractivity contribution < 1.29 is 9.90 Å². The molecule has 0 bridgehead atoms. The second-order valence-electron chi connectivity index (χ2n) is 2.86. The van der Waals surface area contributed by atoms with Gasteiger partial charge in [-0.3, -0.25) is 9.59 Å². The Morgan fingerprint density at radius 1 is 1.71 bits per heavy atom. The molecule has 0 radical (unpaired) electrons. The minimum absolute atomic E-state index is 0.170. The van der Waals surface area contributed by atoms with Gasteiger partial charge in [0.25, 0.3) is 5.56 Å². The van der Waals surface area contributed by atoms with E-state index in [0.717, 1.165) is 0 Å². The van der Waals surface area contributed by atoms with E-state index in [9.17, 15) is 9.59 Å². The lowest BCUT2D eigenvalue weighted by molar-refractivity contribution is -0.135. The van der Waals surface area contributed by atoms with Crippen molar-refractivity contribution in [3.63, 3.8) is 0 Å². The molecule has 0 saturated heterocycles. The Morgan fingerprint density at radius 3 is 3.21 bits per heavy atom. The van der Waals surface area contributed by atoms with Gasteiger partial charge in [0.1, 0.15) is 12.2 Å². The Labute approximate surface area is 78.4 Å².